The molecule has 0 unspecified atom stereocenters. The maximum Gasteiger partial charge on any atom is 0.0326 e. The van der Waals surface area contributed by atoms with Crippen LogP contribution in [-0.2, 0) is 0 Å². The summed E-state index contributed by atoms with van der Waals surface area (Å²) in [6.45, 7) is 10.2. The number of hydrogen-bond donors (Lipinski definition) is 1. The quantitative estimate of drug-likeness (QED) is 0.706. The molecule has 0 aromatic carbocycles. The van der Waals surface area contributed by atoms with E-state index in [4.69, 9.17) is 5.73 Å². The van der Waals surface area contributed by atoms with Gasteiger partial charge in [-0.05, 0) is 18.8 Å². The van der Waals surface area contributed by atoms with Crippen molar-refractivity contribution in [2.45, 2.75) is 45.6 Å². The standard InChI is InChI=1S/C11H24N2/c1-4-10-7-13(8-10)11(5-2,6-3)9-12/h10H,4-9,12H2,1-3H3. The molecule has 0 spiro atoms. The molecule has 1 fully saturated rings. The Kier molecular flexibility index (Phi) is 3.74. The SMILES string of the molecule is CCC1CN(C(CC)(CC)CN)C1. The summed E-state index contributed by atoms with van der Waals surface area (Å²) in [4.78, 5) is 2.58. The van der Waals surface area contributed by atoms with Crippen molar-refractivity contribution in [3.8, 4) is 0 Å². The first-order chi connectivity index (χ1) is 6.22. The van der Waals surface area contributed by atoms with E-state index in [2.05, 4.69) is 25.7 Å². The fraction of sp³-hybridized carbons (Fsp3) is 1.00. The molecule has 0 bridgehead atoms. The average molecular weight is 184 g/mol. The molecule has 2 nitrogen and oxygen atoms in total. The third-order valence-electron chi connectivity index (χ3n) is 3.90. The smallest absolute Gasteiger partial charge is 0.0326 e. The molecule has 0 aromatic rings. The lowest BCUT2D eigenvalue weighted by atomic mass is 9.83. The lowest BCUT2D eigenvalue weighted by Crippen LogP contribution is -2.62. The summed E-state index contributed by atoms with van der Waals surface area (Å²) in [5, 5.41) is 0. The van der Waals surface area contributed by atoms with Gasteiger partial charge in [-0.3, -0.25) is 4.90 Å². The van der Waals surface area contributed by atoms with E-state index in [0.717, 1.165) is 12.5 Å². The molecule has 78 valence electrons. The summed E-state index contributed by atoms with van der Waals surface area (Å²) in [7, 11) is 0. The first-order valence-corrected chi connectivity index (χ1v) is 5.67. The maximum absolute atomic E-state index is 5.88. The predicted molar refractivity (Wildman–Crippen MR) is 57.7 cm³/mol. The molecule has 1 rings (SSSR count). The molecule has 0 saturated carbocycles. The summed E-state index contributed by atoms with van der Waals surface area (Å²) in [6, 6.07) is 0. The molecule has 0 aromatic heterocycles. The molecule has 0 radical (unpaired) electrons. The Balaban J connectivity index is 2.48. The van der Waals surface area contributed by atoms with E-state index in [9.17, 15) is 0 Å². The number of likely N-dealkylation sites (tertiary alicyclic amines) is 1. The molecule has 1 aliphatic heterocycles. The number of nitrogens with two attached hydrogens (primary N) is 1. The number of nitrogens with zero attached hydrogens (tertiary/aromatic N) is 1. The minimum Gasteiger partial charge on any atom is -0.329 e. The Morgan fingerprint density at radius 1 is 1.23 bits per heavy atom. The summed E-state index contributed by atoms with van der Waals surface area (Å²) in [6.07, 6.45) is 3.71. The first kappa shape index (κ1) is 11.0. The third-order valence-corrected chi connectivity index (χ3v) is 3.90. The summed E-state index contributed by atoms with van der Waals surface area (Å²) >= 11 is 0. The number of rotatable bonds is 5. The highest BCUT2D eigenvalue weighted by Crippen LogP contribution is 2.31. The zero-order valence-electron chi connectivity index (χ0n) is 9.34. The van der Waals surface area contributed by atoms with Crippen LogP contribution < -0.4 is 5.73 Å². The normalized spacial score (nSPS) is 20.3. The van der Waals surface area contributed by atoms with Crippen LogP contribution in [0.2, 0.25) is 0 Å². The second kappa shape index (κ2) is 4.43. The highest BCUT2D eigenvalue weighted by atomic mass is 15.3. The molecule has 13 heavy (non-hydrogen) atoms. The van der Waals surface area contributed by atoms with E-state index in [1.807, 2.05) is 0 Å². The van der Waals surface area contributed by atoms with E-state index in [1.165, 1.54) is 32.4 Å². The fourth-order valence-corrected chi connectivity index (χ4v) is 2.33. The summed E-state index contributed by atoms with van der Waals surface area (Å²) < 4.78 is 0. The second-order valence-electron chi connectivity index (χ2n) is 4.31. The highest BCUT2D eigenvalue weighted by Gasteiger charge is 2.39. The van der Waals surface area contributed by atoms with Crippen molar-refractivity contribution in [2.75, 3.05) is 19.6 Å². The third kappa shape index (κ3) is 1.89. The van der Waals surface area contributed by atoms with Crippen molar-refractivity contribution in [1.82, 2.24) is 4.90 Å². The van der Waals surface area contributed by atoms with Crippen LogP contribution in [0.15, 0.2) is 0 Å². The molecule has 0 amide bonds. The van der Waals surface area contributed by atoms with E-state index < -0.39 is 0 Å². The summed E-state index contributed by atoms with van der Waals surface area (Å²) in [5.41, 5.74) is 6.20. The van der Waals surface area contributed by atoms with Crippen LogP contribution in [0, 0.1) is 5.92 Å². The minimum absolute atomic E-state index is 0.311. The van der Waals surface area contributed by atoms with Gasteiger partial charge in [-0.1, -0.05) is 27.2 Å². The topological polar surface area (TPSA) is 29.3 Å². The van der Waals surface area contributed by atoms with Gasteiger partial charge in [0.25, 0.3) is 0 Å². The van der Waals surface area contributed by atoms with Crippen molar-refractivity contribution in [3.05, 3.63) is 0 Å². The Labute approximate surface area is 82.5 Å². The Morgan fingerprint density at radius 3 is 2.08 bits per heavy atom. The van der Waals surface area contributed by atoms with E-state index >= 15 is 0 Å². The van der Waals surface area contributed by atoms with E-state index in [0.29, 0.717) is 5.54 Å². The van der Waals surface area contributed by atoms with Crippen molar-refractivity contribution in [1.29, 1.82) is 0 Å². The lowest BCUT2D eigenvalue weighted by molar-refractivity contribution is -0.0179. The molecule has 2 N–H and O–H groups in total. The number of hydrogen-bond acceptors (Lipinski definition) is 2. The lowest BCUT2D eigenvalue weighted by Gasteiger charge is -2.51. The molecule has 0 aliphatic carbocycles. The first-order valence-electron chi connectivity index (χ1n) is 5.67. The Hall–Kier alpha value is -0.0800. The monoisotopic (exact) mass is 184 g/mol. The van der Waals surface area contributed by atoms with Crippen LogP contribution in [0.4, 0.5) is 0 Å². The molecule has 1 heterocycles. The van der Waals surface area contributed by atoms with Gasteiger partial charge < -0.3 is 5.73 Å². The summed E-state index contributed by atoms with van der Waals surface area (Å²) in [5.74, 6) is 0.934. The molecular weight excluding hydrogens is 160 g/mol. The fourth-order valence-electron chi connectivity index (χ4n) is 2.33. The van der Waals surface area contributed by atoms with Crippen molar-refractivity contribution >= 4 is 0 Å². The molecule has 2 heteroatoms. The highest BCUT2D eigenvalue weighted by molar-refractivity contribution is 4.96. The van der Waals surface area contributed by atoms with Gasteiger partial charge in [0.05, 0.1) is 0 Å². The Bertz CT molecular complexity index is 138. The second-order valence-corrected chi connectivity index (χ2v) is 4.31. The van der Waals surface area contributed by atoms with E-state index in [1.54, 1.807) is 0 Å². The van der Waals surface area contributed by atoms with Gasteiger partial charge in [0.1, 0.15) is 0 Å². The average Bonchev–Trinajstić information content (AvgIpc) is 2.11. The van der Waals surface area contributed by atoms with Crippen LogP contribution in [0.5, 0.6) is 0 Å². The maximum atomic E-state index is 5.88. The van der Waals surface area contributed by atoms with Crippen molar-refractivity contribution in [2.24, 2.45) is 11.7 Å². The van der Waals surface area contributed by atoms with Gasteiger partial charge in [-0.25, -0.2) is 0 Å². The minimum atomic E-state index is 0.311. The van der Waals surface area contributed by atoms with Crippen molar-refractivity contribution in [3.63, 3.8) is 0 Å². The zero-order chi connectivity index (χ0) is 9.90. The largest absolute Gasteiger partial charge is 0.329 e. The predicted octanol–water partition coefficient (Wildman–Crippen LogP) is 1.85. The van der Waals surface area contributed by atoms with Gasteiger partial charge in [-0.15, -0.1) is 0 Å². The molecule has 0 atom stereocenters. The molecule has 1 saturated heterocycles. The van der Waals surface area contributed by atoms with Gasteiger partial charge in [0.15, 0.2) is 0 Å². The van der Waals surface area contributed by atoms with Crippen molar-refractivity contribution < 1.29 is 0 Å². The van der Waals surface area contributed by atoms with Crippen LogP contribution in [-0.4, -0.2) is 30.1 Å². The zero-order valence-corrected chi connectivity index (χ0v) is 9.34. The molecular formula is C11H24N2. The molecule has 1 aliphatic rings. The van der Waals surface area contributed by atoms with Crippen LogP contribution >= 0.6 is 0 Å². The van der Waals surface area contributed by atoms with E-state index in [-0.39, 0.29) is 0 Å². The van der Waals surface area contributed by atoms with Crippen LogP contribution in [0.1, 0.15) is 40.0 Å². The van der Waals surface area contributed by atoms with Gasteiger partial charge >= 0.3 is 0 Å². The van der Waals surface area contributed by atoms with Gasteiger partial charge in [-0.2, -0.15) is 0 Å². The van der Waals surface area contributed by atoms with Gasteiger partial charge in [0, 0.05) is 25.2 Å². The van der Waals surface area contributed by atoms with Crippen LogP contribution in [0.25, 0.3) is 0 Å². The van der Waals surface area contributed by atoms with Crippen LogP contribution in [0.3, 0.4) is 0 Å². The Morgan fingerprint density at radius 2 is 1.77 bits per heavy atom. The van der Waals surface area contributed by atoms with Gasteiger partial charge in [0.2, 0.25) is 0 Å².